The number of alkyl halides is 3. The van der Waals surface area contributed by atoms with Gasteiger partial charge in [-0.05, 0) is 37.1 Å². The summed E-state index contributed by atoms with van der Waals surface area (Å²) in [6.45, 7) is 0.432. The fourth-order valence-electron chi connectivity index (χ4n) is 2.41. The third-order valence-corrected chi connectivity index (χ3v) is 3.88. The first-order valence-electron chi connectivity index (χ1n) is 8.02. The van der Waals surface area contributed by atoms with Gasteiger partial charge in [-0.15, -0.1) is 13.2 Å². The summed E-state index contributed by atoms with van der Waals surface area (Å²) in [6, 6.07) is 6.10. The standard InChI is InChI=1S/C17H16F3N3O3/c18-17(19,20)26-13-5-3-12(4-6-13)16(25)21-7-8-23-10-22-14(9-15(23)24)11-1-2-11/h3-6,9-11H,1-2,7-8H2,(H,21,25). The maximum Gasteiger partial charge on any atom is 0.573 e. The Balaban J connectivity index is 1.51. The molecule has 1 N–H and O–H groups in total. The fourth-order valence-corrected chi connectivity index (χ4v) is 2.41. The van der Waals surface area contributed by atoms with E-state index < -0.39 is 18.0 Å². The quantitative estimate of drug-likeness (QED) is 0.851. The number of carbonyl (C=O) groups is 1. The number of nitrogens with zero attached hydrogens (tertiary/aromatic N) is 2. The van der Waals surface area contributed by atoms with Crippen LogP contribution in [0.3, 0.4) is 0 Å². The van der Waals surface area contributed by atoms with Crippen molar-refractivity contribution in [2.24, 2.45) is 0 Å². The van der Waals surface area contributed by atoms with E-state index in [-0.39, 0.29) is 24.2 Å². The molecule has 1 aromatic heterocycles. The molecule has 1 aliphatic rings. The van der Waals surface area contributed by atoms with Crippen LogP contribution in [-0.2, 0) is 6.54 Å². The summed E-state index contributed by atoms with van der Waals surface area (Å²) in [5, 5.41) is 2.60. The van der Waals surface area contributed by atoms with Gasteiger partial charge in [0.1, 0.15) is 5.75 Å². The van der Waals surface area contributed by atoms with Gasteiger partial charge in [0.2, 0.25) is 0 Å². The summed E-state index contributed by atoms with van der Waals surface area (Å²) >= 11 is 0. The molecule has 26 heavy (non-hydrogen) atoms. The molecule has 3 rings (SSSR count). The molecule has 138 valence electrons. The SMILES string of the molecule is O=C(NCCn1cnc(C2CC2)cc1=O)c1ccc(OC(F)(F)F)cc1. The zero-order valence-electron chi connectivity index (χ0n) is 13.6. The second-order valence-corrected chi connectivity index (χ2v) is 5.95. The van der Waals surface area contributed by atoms with Crippen molar-refractivity contribution in [3.63, 3.8) is 0 Å². The van der Waals surface area contributed by atoms with Crippen LogP contribution in [0.15, 0.2) is 41.5 Å². The lowest BCUT2D eigenvalue weighted by molar-refractivity contribution is -0.274. The molecule has 1 aliphatic carbocycles. The number of aromatic nitrogens is 2. The van der Waals surface area contributed by atoms with Crippen molar-refractivity contribution in [1.29, 1.82) is 0 Å². The molecule has 1 heterocycles. The number of halogens is 3. The Morgan fingerprint density at radius 2 is 1.96 bits per heavy atom. The average molecular weight is 367 g/mol. The smallest absolute Gasteiger partial charge is 0.406 e. The highest BCUT2D eigenvalue weighted by atomic mass is 19.4. The summed E-state index contributed by atoms with van der Waals surface area (Å²) in [5.74, 6) is -0.469. The molecule has 6 nitrogen and oxygen atoms in total. The monoisotopic (exact) mass is 367 g/mol. The van der Waals surface area contributed by atoms with E-state index in [1.165, 1.54) is 29.1 Å². The predicted octanol–water partition coefficient (Wildman–Crippen LogP) is 2.45. The van der Waals surface area contributed by atoms with Crippen molar-refractivity contribution < 1.29 is 22.7 Å². The molecular formula is C17H16F3N3O3. The summed E-state index contributed by atoms with van der Waals surface area (Å²) in [5.41, 5.74) is 0.815. The van der Waals surface area contributed by atoms with Gasteiger partial charge in [-0.3, -0.25) is 14.2 Å². The van der Waals surface area contributed by atoms with Gasteiger partial charge < -0.3 is 10.1 Å². The molecule has 2 aromatic rings. The van der Waals surface area contributed by atoms with E-state index in [0.717, 1.165) is 30.7 Å². The highest BCUT2D eigenvalue weighted by Crippen LogP contribution is 2.38. The number of hydrogen-bond acceptors (Lipinski definition) is 4. The van der Waals surface area contributed by atoms with Crippen LogP contribution in [-0.4, -0.2) is 28.4 Å². The molecule has 0 unspecified atom stereocenters. The number of rotatable bonds is 6. The van der Waals surface area contributed by atoms with E-state index in [9.17, 15) is 22.8 Å². The Morgan fingerprint density at radius 3 is 2.54 bits per heavy atom. The maximum atomic E-state index is 12.1. The Labute approximate surface area is 146 Å². The number of carbonyl (C=O) groups excluding carboxylic acids is 1. The molecule has 1 amide bonds. The summed E-state index contributed by atoms with van der Waals surface area (Å²) < 4.78 is 41.4. The van der Waals surface area contributed by atoms with Crippen LogP contribution >= 0.6 is 0 Å². The molecular weight excluding hydrogens is 351 g/mol. The Morgan fingerprint density at radius 1 is 1.27 bits per heavy atom. The largest absolute Gasteiger partial charge is 0.573 e. The summed E-state index contributed by atoms with van der Waals surface area (Å²) in [4.78, 5) is 28.2. The normalized spacial score (nSPS) is 14.1. The van der Waals surface area contributed by atoms with Crippen LogP contribution in [0.4, 0.5) is 13.2 Å². The first kappa shape index (κ1) is 18.0. The minimum absolute atomic E-state index is 0.176. The third-order valence-electron chi connectivity index (χ3n) is 3.88. The van der Waals surface area contributed by atoms with Gasteiger partial charge in [0.25, 0.3) is 11.5 Å². The highest BCUT2D eigenvalue weighted by Gasteiger charge is 2.31. The molecule has 0 radical (unpaired) electrons. The van der Waals surface area contributed by atoms with E-state index >= 15 is 0 Å². The van der Waals surface area contributed by atoms with Gasteiger partial charge in [-0.25, -0.2) is 4.98 Å². The van der Waals surface area contributed by atoms with Gasteiger partial charge in [-0.1, -0.05) is 0 Å². The molecule has 1 saturated carbocycles. The number of ether oxygens (including phenoxy) is 1. The van der Waals surface area contributed by atoms with Gasteiger partial charge >= 0.3 is 6.36 Å². The van der Waals surface area contributed by atoms with Crippen LogP contribution in [0.1, 0.15) is 34.8 Å². The Bertz CT molecular complexity index is 843. The minimum Gasteiger partial charge on any atom is -0.406 e. The van der Waals surface area contributed by atoms with Gasteiger partial charge in [-0.2, -0.15) is 0 Å². The zero-order chi connectivity index (χ0) is 18.7. The van der Waals surface area contributed by atoms with Crippen molar-refractivity contribution in [2.75, 3.05) is 6.54 Å². The van der Waals surface area contributed by atoms with Gasteiger partial charge in [0.05, 0.1) is 12.0 Å². The number of amides is 1. The van der Waals surface area contributed by atoms with Crippen LogP contribution < -0.4 is 15.6 Å². The second kappa shape index (κ2) is 7.19. The van der Waals surface area contributed by atoms with E-state index in [0.29, 0.717) is 5.92 Å². The first-order chi connectivity index (χ1) is 12.3. The van der Waals surface area contributed by atoms with Gasteiger partial charge in [0.15, 0.2) is 0 Å². The average Bonchev–Trinajstić information content (AvgIpc) is 3.40. The van der Waals surface area contributed by atoms with E-state index in [1.54, 1.807) is 0 Å². The van der Waals surface area contributed by atoms with Crippen LogP contribution in [0.25, 0.3) is 0 Å². The lowest BCUT2D eigenvalue weighted by atomic mass is 10.2. The van der Waals surface area contributed by atoms with Crippen LogP contribution in [0, 0.1) is 0 Å². The van der Waals surface area contributed by atoms with Crippen molar-refractivity contribution in [3.8, 4) is 5.75 Å². The molecule has 9 heteroatoms. The zero-order valence-corrected chi connectivity index (χ0v) is 13.6. The van der Waals surface area contributed by atoms with Crippen molar-refractivity contribution in [2.45, 2.75) is 31.7 Å². The molecule has 1 aromatic carbocycles. The van der Waals surface area contributed by atoms with Crippen LogP contribution in [0.5, 0.6) is 5.75 Å². The molecule has 0 bridgehead atoms. The summed E-state index contributed by atoms with van der Waals surface area (Å²) in [7, 11) is 0. The fraction of sp³-hybridized carbons (Fsp3) is 0.353. The second-order valence-electron chi connectivity index (χ2n) is 5.95. The lowest BCUT2D eigenvalue weighted by Gasteiger charge is -2.10. The van der Waals surface area contributed by atoms with Crippen LogP contribution in [0.2, 0.25) is 0 Å². The molecule has 0 aliphatic heterocycles. The predicted molar refractivity (Wildman–Crippen MR) is 85.9 cm³/mol. The maximum absolute atomic E-state index is 12.1. The van der Waals surface area contributed by atoms with Crippen molar-refractivity contribution >= 4 is 5.91 Å². The van der Waals surface area contributed by atoms with Crippen molar-refractivity contribution in [1.82, 2.24) is 14.9 Å². The molecule has 1 fully saturated rings. The van der Waals surface area contributed by atoms with E-state index in [4.69, 9.17) is 0 Å². The third kappa shape index (κ3) is 4.84. The number of nitrogens with one attached hydrogen (secondary N) is 1. The Hall–Kier alpha value is -2.84. The number of benzene rings is 1. The first-order valence-corrected chi connectivity index (χ1v) is 8.02. The topological polar surface area (TPSA) is 73.2 Å². The highest BCUT2D eigenvalue weighted by molar-refractivity contribution is 5.94. The number of hydrogen-bond donors (Lipinski definition) is 1. The van der Waals surface area contributed by atoms with E-state index in [1.807, 2.05) is 0 Å². The summed E-state index contributed by atoms with van der Waals surface area (Å²) in [6.07, 6.45) is -1.20. The Kier molecular flexibility index (Phi) is 4.97. The van der Waals surface area contributed by atoms with E-state index in [2.05, 4.69) is 15.0 Å². The van der Waals surface area contributed by atoms with Crippen molar-refractivity contribution in [3.05, 3.63) is 58.3 Å². The molecule has 0 atom stereocenters. The lowest BCUT2D eigenvalue weighted by Crippen LogP contribution is -2.31. The minimum atomic E-state index is -4.78. The van der Waals surface area contributed by atoms with Gasteiger partial charge in [0, 0.05) is 30.6 Å². The molecule has 0 saturated heterocycles. The molecule has 0 spiro atoms.